The number of hydrogen-bond acceptors (Lipinski definition) is 3. The number of ether oxygens (including phenoxy) is 1. The lowest BCUT2D eigenvalue weighted by molar-refractivity contribution is 0.127. The van der Waals surface area contributed by atoms with Gasteiger partial charge in [-0.2, -0.15) is 0 Å². The first kappa shape index (κ1) is 16.0. The molecule has 23 heavy (non-hydrogen) atoms. The number of nitrogens with zero attached hydrogens (tertiary/aromatic N) is 2. The highest BCUT2D eigenvalue weighted by Gasteiger charge is 2.25. The van der Waals surface area contributed by atoms with E-state index in [1.54, 1.807) is 0 Å². The maximum absolute atomic E-state index is 5.71. The Hall–Kier alpha value is -1.84. The molecule has 122 valence electrons. The van der Waals surface area contributed by atoms with Crippen molar-refractivity contribution in [3.63, 3.8) is 0 Å². The standard InChI is InChI=1S/C20H26N2O/c1-3-23-19-11-7-10-18(16-19)20(17-8-5-4-6-9-17)22-14-12-21(2)13-15-22/h4-11,16,20H,3,12-15H2,1-2H3. The van der Waals surface area contributed by atoms with Gasteiger partial charge < -0.3 is 9.64 Å². The third kappa shape index (κ3) is 3.92. The van der Waals surface area contributed by atoms with Crippen molar-refractivity contribution in [3.05, 3.63) is 65.7 Å². The fourth-order valence-electron chi connectivity index (χ4n) is 3.27. The maximum atomic E-state index is 5.71. The molecule has 1 aliphatic rings. The highest BCUT2D eigenvalue weighted by molar-refractivity contribution is 5.37. The molecular weight excluding hydrogens is 284 g/mol. The highest BCUT2D eigenvalue weighted by atomic mass is 16.5. The van der Waals surface area contributed by atoms with Crippen LogP contribution < -0.4 is 4.74 Å². The summed E-state index contributed by atoms with van der Waals surface area (Å²) in [5, 5.41) is 0. The van der Waals surface area contributed by atoms with Gasteiger partial charge in [-0.25, -0.2) is 0 Å². The minimum absolute atomic E-state index is 0.297. The molecule has 2 aromatic rings. The summed E-state index contributed by atoms with van der Waals surface area (Å²) in [4.78, 5) is 4.98. The van der Waals surface area contributed by atoms with Crippen LogP contribution in [0.5, 0.6) is 5.75 Å². The summed E-state index contributed by atoms with van der Waals surface area (Å²) in [6.45, 7) is 7.16. The zero-order valence-electron chi connectivity index (χ0n) is 14.1. The van der Waals surface area contributed by atoms with Gasteiger partial charge in [0.25, 0.3) is 0 Å². The Balaban J connectivity index is 1.93. The molecule has 3 nitrogen and oxygen atoms in total. The van der Waals surface area contributed by atoms with Crippen molar-refractivity contribution in [1.82, 2.24) is 9.80 Å². The van der Waals surface area contributed by atoms with Gasteiger partial charge >= 0.3 is 0 Å². The topological polar surface area (TPSA) is 15.7 Å². The van der Waals surface area contributed by atoms with Gasteiger partial charge in [-0.05, 0) is 37.2 Å². The zero-order valence-corrected chi connectivity index (χ0v) is 14.1. The van der Waals surface area contributed by atoms with E-state index in [4.69, 9.17) is 4.74 Å². The molecule has 0 aromatic heterocycles. The average Bonchev–Trinajstić information content (AvgIpc) is 2.59. The highest BCUT2D eigenvalue weighted by Crippen LogP contribution is 2.31. The molecule has 3 heteroatoms. The van der Waals surface area contributed by atoms with E-state index in [0.717, 1.165) is 31.9 Å². The number of likely N-dealkylation sites (N-methyl/N-ethyl adjacent to an activating group) is 1. The number of piperazine rings is 1. The SMILES string of the molecule is CCOc1cccc(C(c2ccccc2)N2CCN(C)CC2)c1. The van der Waals surface area contributed by atoms with Crippen LogP contribution in [-0.4, -0.2) is 49.6 Å². The first-order valence-electron chi connectivity index (χ1n) is 8.48. The molecule has 1 fully saturated rings. The molecule has 3 rings (SSSR count). The second-order valence-corrected chi connectivity index (χ2v) is 6.16. The molecule has 1 aliphatic heterocycles. The zero-order chi connectivity index (χ0) is 16.1. The van der Waals surface area contributed by atoms with Crippen LogP contribution in [0.4, 0.5) is 0 Å². The molecule has 0 spiro atoms. The van der Waals surface area contributed by atoms with Crippen molar-refractivity contribution in [2.45, 2.75) is 13.0 Å². The van der Waals surface area contributed by atoms with Crippen LogP contribution in [0.3, 0.4) is 0 Å². The van der Waals surface area contributed by atoms with E-state index < -0.39 is 0 Å². The van der Waals surface area contributed by atoms with Gasteiger partial charge in [0.05, 0.1) is 12.6 Å². The summed E-state index contributed by atoms with van der Waals surface area (Å²) >= 11 is 0. The van der Waals surface area contributed by atoms with Gasteiger partial charge in [-0.15, -0.1) is 0 Å². The first-order valence-corrected chi connectivity index (χ1v) is 8.48. The molecule has 1 heterocycles. The first-order chi connectivity index (χ1) is 11.3. The molecule has 0 bridgehead atoms. The van der Waals surface area contributed by atoms with Crippen LogP contribution in [0, 0.1) is 0 Å². The van der Waals surface area contributed by atoms with Gasteiger partial charge in [0, 0.05) is 26.2 Å². The Labute approximate surface area is 139 Å². The molecule has 0 N–H and O–H groups in total. The second kappa shape index (κ2) is 7.62. The predicted molar refractivity (Wildman–Crippen MR) is 95.0 cm³/mol. The fourth-order valence-corrected chi connectivity index (χ4v) is 3.27. The third-order valence-electron chi connectivity index (χ3n) is 4.50. The summed E-state index contributed by atoms with van der Waals surface area (Å²) in [6.07, 6.45) is 0. The quantitative estimate of drug-likeness (QED) is 0.841. The lowest BCUT2D eigenvalue weighted by Gasteiger charge is -2.38. The van der Waals surface area contributed by atoms with Crippen LogP contribution in [0.25, 0.3) is 0 Å². The summed E-state index contributed by atoms with van der Waals surface area (Å²) < 4.78 is 5.71. The lowest BCUT2D eigenvalue weighted by Crippen LogP contribution is -2.46. The van der Waals surface area contributed by atoms with Crippen LogP contribution in [-0.2, 0) is 0 Å². The Kier molecular flexibility index (Phi) is 5.31. The molecule has 1 atom stereocenters. The molecular formula is C20H26N2O. The monoisotopic (exact) mass is 310 g/mol. The van der Waals surface area contributed by atoms with Crippen molar-refractivity contribution < 1.29 is 4.74 Å². The van der Waals surface area contributed by atoms with E-state index >= 15 is 0 Å². The van der Waals surface area contributed by atoms with Crippen LogP contribution in [0.1, 0.15) is 24.1 Å². The summed E-state index contributed by atoms with van der Waals surface area (Å²) in [7, 11) is 2.20. The van der Waals surface area contributed by atoms with Gasteiger partial charge in [-0.3, -0.25) is 4.90 Å². The van der Waals surface area contributed by atoms with Gasteiger partial charge in [0.1, 0.15) is 5.75 Å². The van der Waals surface area contributed by atoms with Crippen LogP contribution in [0.2, 0.25) is 0 Å². The summed E-state index contributed by atoms with van der Waals surface area (Å²) in [5.74, 6) is 0.958. The molecule has 0 aliphatic carbocycles. The average molecular weight is 310 g/mol. The molecule has 1 unspecified atom stereocenters. The van der Waals surface area contributed by atoms with E-state index in [0.29, 0.717) is 12.6 Å². The van der Waals surface area contributed by atoms with Gasteiger partial charge in [-0.1, -0.05) is 42.5 Å². The Morgan fingerprint density at radius 1 is 0.913 bits per heavy atom. The number of hydrogen-bond donors (Lipinski definition) is 0. The van der Waals surface area contributed by atoms with E-state index in [9.17, 15) is 0 Å². The lowest BCUT2D eigenvalue weighted by atomic mass is 9.96. The predicted octanol–water partition coefficient (Wildman–Crippen LogP) is 3.42. The van der Waals surface area contributed by atoms with Crippen LogP contribution >= 0.6 is 0 Å². The van der Waals surface area contributed by atoms with E-state index in [1.165, 1.54) is 11.1 Å². The van der Waals surface area contributed by atoms with E-state index in [2.05, 4.69) is 65.4 Å². The number of benzene rings is 2. The summed E-state index contributed by atoms with van der Waals surface area (Å²) in [5.41, 5.74) is 2.66. The maximum Gasteiger partial charge on any atom is 0.119 e. The minimum Gasteiger partial charge on any atom is -0.494 e. The van der Waals surface area contributed by atoms with Crippen molar-refractivity contribution >= 4 is 0 Å². The van der Waals surface area contributed by atoms with Crippen LogP contribution in [0.15, 0.2) is 54.6 Å². The van der Waals surface area contributed by atoms with Crippen molar-refractivity contribution in [1.29, 1.82) is 0 Å². The molecule has 0 radical (unpaired) electrons. The van der Waals surface area contributed by atoms with Gasteiger partial charge in [0.2, 0.25) is 0 Å². The molecule has 0 amide bonds. The minimum atomic E-state index is 0.297. The number of rotatable bonds is 5. The molecule has 0 saturated carbocycles. The van der Waals surface area contributed by atoms with Gasteiger partial charge in [0.15, 0.2) is 0 Å². The normalized spacial score (nSPS) is 17.8. The largest absolute Gasteiger partial charge is 0.494 e. The Morgan fingerprint density at radius 2 is 1.61 bits per heavy atom. The van der Waals surface area contributed by atoms with E-state index in [-0.39, 0.29) is 0 Å². The second-order valence-electron chi connectivity index (χ2n) is 6.16. The molecule has 1 saturated heterocycles. The molecule has 2 aromatic carbocycles. The Bertz CT molecular complexity index is 606. The third-order valence-corrected chi connectivity index (χ3v) is 4.50. The van der Waals surface area contributed by atoms with Crippen molar-refractivity contribution in [3.8, 4) is 5.75 Å². The van der Waals surface area contributed by atoms with E-state index in [1.807, 2.05) is 13.0 Å². The smallest absolute Gasteiger partial charge is 0.119 e. The fraction of sp³-hybridized carbons (Fsp3) is 0.400. The van der Waals surface area contributed by atoms with Crippen molar-refractivity contribution in [2.75, 3.05) is 39.8 Å². The van der Waals surface area contributed by atoms with Crippen molar-refractivity contribution in [2.24, 2.45) is 0 Å². The summed E-state index contributed by atoms with van der Waals surface area (Å²) in [6, 6.07) is 19.7. The Morgan fingerprint density at radius 3 is 2.30 bits per heavy atom.